The predicted molar refractivity (Wildman–Crippen MR) is 77.3 cm³/mol. The zero-order chi connectivity index (χ0) is 11.4. The molecule has 15 heavy (non-hydrogen) atoms. The van der Waals surface area contributed by atoms with Gasteiger partial charge in [-0.1, -0.05) is 41.7 Å². The van der Waals surface area contributed by atoms with Gasteiger partial charge in [0, 0.05) is 12.8 Å². The topological polar surface area (TPSA) is 0 Å². The van der Waals surface area contributed by atoms with Crippen LogP contribution in [0.2, 0.25) is 0 Å². The van der Waals surface area contributed by atoms with Crippen LogP contribution in [0, 0.1) is 17.8 Å². The molecule has 0 aromatic rings. The third kappa shape index (κ3) is 11.6. The lowest BCUT2D eigenvalue weighted by Gasteiger charge is -2.10. The molecular weight excluding hydrogens is 200 g/mol. The van der Waals surface area contributed by atoms with Crippen LogP contribution in [0.15, 0.2) is 11.5 Å². The Hall–Kier alpha value is -0.350. The Labute approximate surface area is 103 Å². The van der Waals surface area contributed by atoms with E-state index in [1.54, 1.807) is 0 Å². The molecule has 0 saturated heterocycles. The van der Waals surface area contributed by atoms with Crippen molar-refractivity contribution in [3.05, 3.63) is 11.5 Å². The third-order valence-electron chi connectivity index (χ3n) is 1.83. The molecule has 0 atom stereocenters. The van der Waals surface area contributed by atoms with E-state index in [2.05, 4.69) is 31.0 Å². The Balaban J connectivity index is -0.000000258. The van der Waals surface area contributed by atoms with Crippen molar-refractivity contribution in [2.75, 3.05) is 0 Å². The predicted octanol–water partition coefficient (Wildman–Crippen LogP) is 5.31. The van der Waals surface area contributed by atoms with Crippen LogP contribution in [0.4, 0.5) is 0 Å². The van der Waals surface area contributed by atoms with Gasteiger partial charge in [0.2, 0.25) is 0 Å². The maximum absolute atomic E-state index is 4.24. The van der Waals surface area contributed by atoms with E-state index in [9.17, 15) is 0 Å². The highest BCUT2D eigenvalue weighted by molar-refractivity contribution is 7.84. The Morgan fingerprint density at radius 1 is 1.07 bits per heavy atom. The molecule has 0 spiro atoms. The highest BCUT2D eigenvalue weighted by Gasteiger charge is 2.09. The Morgan fingerprint density at radius 3 is 1.67 bits per heavy atom. The quantitative estimate of drug-likeness (QED) is 0.456. The van der Waals surface area contributed by atoms with Crippen LogP contribution in [0.5, 0.6) is 0 Å². The maximum Gasteiger partial charge on any atom is 0.00946 e. The number of hydrogen-bond donors (Lipinski definition) is 1. The number of rotatable bonds is 1. The van der Waals surface area contributed by atoms with Crippen molar-refractivity contribution >= 4 is 12.6 Å². The first-order valence-corrected chi connectivity index (χ1v) is 6.09. The van der Waals surface area contributed by atoms with Gasteiger partial charge >= 0.3 is 0 Å². The molecule has 1 heteroatoms. The van der Waals surface area contributed by atoms with Gasteiger partial charge in [0.05, 0.1) is 0 Å². The SMILES string of the molecule is C.C=C(S)C1CCC#CCC1.CC.CC. The van der Waals surface area contributed by atoms with E-state index in [1.165, 1.54) is 0 Å². The molecule has 1 rings (SSSR count). The van der Waals surface area contributed by atoms with Gasteiger partial charge in [-0.05, 0) is 23.7 Å². The van der Waals surface area contributed by atoms with E-state index in [1.807, 2.05) is 27.7 Å². The summed E-state index contributed by atoms with van der Waals surface area (Å²) in [5, 5.41) is 0. The summed E-state index contributed by atoms with van der Waals surface area (Å²) in [4.78, 5) is 1.02. The first kappa shape index (κ1) is 20.1. The van der Waals surface area contributed by atoms with Gasteiger partial charge in [-0.15, -0.1) is 24.5 Å². The van der Waals surface area contributed by atoms with Gasteiger partial charge in [0.15, 0.2) is 0 Å². The van der Waals surface area contributed by atoms with Crippen molar-refractivity contribution in [2.24, 2.45) is 5.92 Å². The second-order valence-corrected chi connectivity index (χ2v) is 3.19. The van der Waals surface area contributed by atoms with Crippen LogP contribution in [-0.4, -0.2) is 0 Å². The van der Waals surface area contributed by atoms with E-state index < -0.39 is 0 Å². The standard InChI is InChI=1S/C9H12S.2C2H6.CH4/c1-8(10)9-6-4-2-3-5-7-9;2*1-2;/h9-10H,1,4-7H2;2*1-2H3;1H4. The van der Waals surface area contributed by atoms with E-state index in [0.717, 1.165) is 30.6 Å². The molecule has 1 aliphatic rings. The summed E-state index contributed by atoms with van der Waals surface area (Å²) in [5.41, 5.74) is 0. The minimum atomic E-state index is 0. The lowest BCUT2D eigenvalue weighted by Crippen LogP contribution is -1.97. The van der Waals surface area contributed by atoms with Gasteiger partial charge in [-0.2, -0.15) is 0 Å². The lowest BCUT2D eigenvalue weighted by molar-refractivity contribution is 0.566. The third-order valence-corrected chi connectivity index (χ3v) is 2.20. The normalized spacial score (nSPS) is 13.4. The number of thiol groups is 1. The van der Waals surface area contributed by atoms with Gasteiger partial charge < -0.3 is 0 Å². The van der Waals surface area contributed by atoms with Crippen molar-refractivity contribution in [1.29, 1.82) is 0 Å². The van der Waals surface area contributed by atoms with Crippen LogP contribution in [-0.2, 0) is 0 Å². The minimum absolute atomic E-state index is 0. The average molecular weight is 228 g/mol. The molecule has 0 radical (unpaired) electrons. The van der Waals surface area contributed by atoms with Crippen LogP contribution >= 0.6 is 12.6 Å². The van der Waals surface area contributed by atoms with Crippen molar-refractivity contribution in [1.82, 2.24) is 0 Å². The van der Waals surface area contributed by atoms with Crippen molar-refractivity contribution in [3.63, 3.8) is 0 Å². The molecular formula is C14H28S. The lowest BCUT2D eigenvalue weighted by atomic mass is 10.00. The zero-order valence-corrected chi connectivity index (χ0v) is 11.0. The summed E-state index contributed by atoms with van der Waals surface area (Å²) in [7, 11) is 0. The monoisotopic (exact) mass is 228 g/mol. The van der Waals surface area contributed by atoms with E-state index in [-0.39, 0.29) is 7.43 Å². The first-order chi connectivity index (χ1) is 6.80. The van der Waals surface area contributed by atoms with Crippen LogP contribution in [0.25, 0.3) is 0 Å². The molecule has 0 saturated carbocycles. The van der Waals surface area contributed by atoms with Gasteiger partial charge in [0.1, 0.15) is 0 Å². The fourth-order valence-corrected chi connectivity index (χ4v) is 1.41. The molecule has 1 aliphatic carbocycles. The molecule has 0 aromatic heterocycles. The summed E-state index contributed by atoms with van der Waals surface area (Å²) in [6.07, 6.45) is 4.33. The highest BCUT2D eigenvalue weighted by atomic mass is 32.1. The van der Waals surface area contributed by atoms with E-state index in [0.29, 0.717) is 5.92 Å². The van der Waals surface area contributed by atoms with Crippen molar-refractivity contribution in [3.8, 4) is 11.8 Å². The molecule has 0 unspecified atom stereocenters. The molecule has 0 aliphatic heterocycles. The Kier molecular flexibility index (Phi) is 21.6. The molecule has 0 amide bonds. The summed E-state index contributed by atoms with van der Waals surface area (Å²) in [5.74, 6) is 6.80. The smallest absolute Gasteiger partial charge is 0.00946 e. The Morgan fingerprint density at radius 2 is 1.40 bits per heavy atom. The van der Waals surface area contributed by atoms with E-state index >= 15 is 0 Å². The van der Waals surface area contributed by atoms with E-state index in [4.69, 9.17) is 0 Å². The summed E-state index contributed by atoms with van der Waals surface area (Å²) in [6.45, 7) is 11.8. The largest absolute Gasteiger partial charge is 0.148 e. The van der Waals surface area contributed by atoms with Gasteiger partial charge in [-0.3, -0.25) is 0 Å². The highest BCUT2D eigenvalue weighted by Crippen LogP contribution is 2.24. The molecule has 0 nitrogen and oxygen atoms in total. The minimum Gasteiger partial charge on any atom is -0.148 e. The number of allylic oxidation sites excluding steroid dienone is 1. The fourth-order valence-electron chi connectivity index (χ4n) is 1.15. The molecule has 0 N–H and O–H groups in total. The van der Waals surface area contributed by atoms with Crippen LogP contribution in [0.3, 0.4) is 0 Å². The molecule has 0 fully saturated rings. The zero-order valence-electron chi connectivity index (χ0n) is 10.1. The second-order valence-electron chi connectivity index (χ2n) is 2.62. The number of hydrogen-bond acceptors (Lipinski definition) is 1. The van der Waals surface area contributed by atoms with Gasteiger partial charge in [0.25, 0.3) is 0 Å². The van der Waals surface area contributed by atoms with Gasteiger partial charge in [-0.25, -0.2) is 0 Å². The summed E-state index contributed by atoms with van der Waals surface area (Å²) < 4.78 is 0. The maximum atomic E-state index is 4.24. The van der Waals surface area contributed by atoms with Crippen molar-refractivity contribution in [2.45, 2.75) is 60.8 Å². The average Bonchev–Trinajstić information content (AvgIpc) is 2.52. The summed E-state index contributed by atoms with van der Waals surface area (Å²) >= 11 is 4.24. The molecule has 0 heterocycles. The van der Waals surface area contributed by atoms with Crippen LogP contribution in [0.1, 0.15) is 60.8 Å². The molecule has 0 aromatic carbocycles. The Bertz CT molecular complexity index is 171. The molecule has 90 valence electrons. The van der Waals surface area contributed by atoms with Crippen molar-refractivity contribution < 1.29 is 0 Å². The first-order valence-electron chi connectivity index (χ1n) is 5.64. The summed E-state index contributed by atoms with van der Waals surface area (Å²) in [6, 6.07) is 0. The molecule has 0 bridgehead atoms. The second kappa shape index (κ2) is 16.1. The van der Waals surface area contributed by atoms with Crippen LogP contribution < -0.4 is 0 Å². The fraction of sp³-hybridized carbons (Fsp3) is 0.714.